The smallest absolute Gasteiger partial charge is 0.0435 e. The summed E-state index contributed by atoms with van der Waals surface area (Å²) in [6, 6.07) is 2.16. The Morgan fingerprint density at radius 3 is 2.38 bits per heavy atom. The molecule has 0 unspecified atom stereocenters. The predicted octanol–water partition coefficient (Wildman–Crippen LogP) is 3.33. The van der Waals surface area contributed by atoms with Crippen molar-refractivity contribution >= 4 is 0 Å². The summed E-state index contributed by atoms with van der Waals surface area (Å²) in [4.78, 5) is 4.41. The molecular formula is C12H19N. The molecule has 0 aliphatic carbocycles. The topological polar surface area (TPSA) is 12.9 Å². The lowest BCUT2D eigenvalue weighted by Crippen LogP contribution is -2.02. The minimum Gasteiger partial charge on any atom is -0.261 e. The average Bonchev–Trinajstić information content (AvgIpc) is 2.16. The first-order chi connectivity index (χ1) is 6.20. The van der Waals surface area contributed by atoms with Crippen molar-refractivity contribution in [2.24, 2.45) is 0 Å². The zero-order chi connectivity index (χ0) is 9.84. The number of hydrogen-bond acceptors (Lipinski definition) is 1. The van der Waals surface area contributed by atoms with E-state index in [0.29, 0.717) is 5.92 Å². The Labute approximate surface area is 81.2 Å². The lowest BCUT2D eigenvalue weighted by molar-refractivity contribution is 0.821. The number of rotatable bonds is 3. The van der Waals surface area contributed by atoms with E-state index in [1.165, 1.54) is 16.8 Å². The molecule has 0 aliphatic rings. The monoisotopic (exact) mass is 177 g/mol. The summed E-state index contributed by atoms with van der Waals surface area (Å²) in [6.45, 7) is 8.87. The molecule has 1 aromatic heterocycles. The van der Waals surface area contributed by atoms with Crippen LogP contribution in [0, 0.1) is 0 Å². The first-order valence-corrected chi connectivity index (χ1v) is 5.17. The highest BCUT2D eigenvalue weighted by Gasteiger charge is 2.08. The molecule has 0 saturated heterocycles. The van der Waals surface area contributed by atoms with Crippen LogP contribution in [-0.2, 0) is 12.8 Å². The normalized spacial score (nSPS) is 10.8. The number of pyridine rings is 1. The van der Waals surface area contributed by atoms with Crippen molar-refractivity contribution in [3.05, 3.63) is 29.1 Å². The van der Waals surface area contributed by atoms with Gasteiger partial charge in [-0.25, -0.2) is 0 Å². The van der Waals surface area contributed by atoms with Crippen molar-refractivity contribution in [1.29, 1.82) is 0 Å². The number of aryl methyl sites for hydroxylation is 1. The van der Waals surface area contributed by atoms with E-state index in [4.69, 9.17) is 0 Å². The fourth-order valence-corrected chi connectivity index (χ4v) is 1.81. The van der Waals surface area contributed by atoms with Gasteiger partial charge < -0.3 is 0 Å². The summed E-state index contributed by atoms with van der Waals surface area (Å²) in [5, 5.41) is 0. The largest absolute Gasteiger partial charge is 0.261 e. The highest BCUT2D eigenvalue weighted by Crippen LogP contribution is 2.21. The van der Waals surface area contributed by atoms with Crippen LogP contribution in [-0.4, -0.2) is 4.98 Å². The van der Waals surface area contributed by atoms with Crippen LogP contribution in [0.1, 0.15) is 50.4 Å². The molecule has 0 radical (unpaired) electrons. The van der Waals surface area contributed by atoms with Gasteiger partial charge in [0.2, 0.25) is 0 Å². The van der Waals surface area contributed by atoms with Gasteiger partial charge in [-0.15, -0.1) is 0 Å². The predicted molar refractivity (Wildman–Crippen MR) is 57.1 cm³/mol. The van der Waals surface area contributed by atoms with Gasteiger partial charge >= 0.3 is 0 Å². The summed E-state index contributed by atoms with van der Waals surface area (Å²) in [6.07, 6.45) is 4.08. The molecule has 0 amide bonds. The summed E-state index contributed by atoms with van der Waals surface area (Å²) in [5.41, 5.74) is 4.20. The van der Waals surface area contributed by atoms with Gasteiger partial charge in [-0.1, -0.05) is 27.7 Å². The zero-order valence-corrected chi connectivity index (χ0v) is 9.09. The van der Waals surface area contributed by atoms with Crippen molar-refractivity contribution in [2.45, 2.75) is 46.5 Å². The minimum atomic E-state index is 0.614. The summed E-state index contributed by atoms with van der Waals surface area (Å²) >= 11 is 0. The summed E-state index contributed by atoms with van der Waals surface area (Å²) in [5.74, 6) is 0.614. The van der Waals surface area contributed by atoms with Crippen LogP contribution < -0.4 is 0 Å². The van der Waals surface area contributed by atoms with Gasteiger partial charge in [0, 0.05) is 11.9 Å². The molecule has 1 nitrogen and oxygen atoms in total. The second kappa shape index (κ2) is 4.40. The van der Waals surface area contributed by atoms with Crippen LogP contribution in [0.4, 0.5) is 0 Å². The van der Waals surface area contributed by atoms with Gasteiger partial charge in [0.25, 0.3) is 0 Å². The van der Waals surface area contributed by atoms with E-state index in [1.807, 2.05) is 6.20 Å². The van der Waals surface area contributed by atoms with Crippen LogP contribution in [0.25, 0.3) is 0 Å². The van der Waals surface area contributed by atoms with Crippen LogP contribution in [0.5, 0.6) is 0 Å². The van der Waals surface area contributed by atoms with E-state index in [0.717, 1.165) is 12.8 Å². The third-order valence-corrected chi connectivity index (χ3v) is 2.49. The Balaban J connectivity index is 3.19. The average molecular weight is 177 g/mol. The Kier molecular flexibility index (Phi) is 3.47. The Hall–Kier alpha value is -0.850. The highest BCUT2D eigenvalue weighted by molar-refractivity contribution is 5.32. The molecule has 0 fully saturated rings. The van der Waals surface area contributed by atoms with Crippen molar-refractivity contribution < 1.29 is 0 Å². The van der Waals surface area contributed by atoms with Crippen LogP contribution in [0.15, 0.2) is 12.3 Å². The molecule has 0 aromatic carbocycles. The molecule has 1 rings (SSSR count). The van der Waals surface area contributed by atoms with Crippen molar-refractivity contribution in [2.75, 3.05) is 0 Å². The van der Waals surface area contributed by atoms with Gasteiger partial charge in [0.05, 0.1) is 0 Å². The van der Waals surface area contributed by atoms with Crippen molar-refractivity contribution in [3.63, 3.8) is 0 Å². The molecule has 1 heterocycles. The summed E-state index contributed by atoms with van der Waals surface area (Å²) in [7, 11) is 0. The maximum Gasteiger partial charge on any atom is 0.0435 e. The molecule has 1 heteroatoms. The minimum absolute atomic E-state index is 0.614. The molecule has 0 saturated carbocycles. The number of hydrogen-bond donors (Lipinski definition) is 0. The van der Waals surface area contributed by atoms with Gasteiger partial charge in [-0.2, -0.15) is 0 Å². The lowest BCUT2D eigenvalue weighted by atomic mass is 9.94. The fourth-order valence-electron chi connectivity index (χ4n) is 1.81. The SMILES string of the molecule is CCc1nccc(C(C)C)c1CC. The van der Waals surface area contributed by atoms with E-state index in [2.05, 4.69) is 38.7 Å². The molecule has 72 valence electrons. The van der Waals surface area contributed by atoms with E-state index in [1.54, 1.807) is 0 Å². The molecule has 0 aliphatic heterocycles. The lowest BCUT2D eigenvalue weighted by Gasteiger charge is -2.13. The van der Waals surface area contributed by atoms with Gasteiger partial charge in [0.1, 0.15) is 0 Å². The molecule has 13 heavy (non-hydrogen) atoms. The van der Waals surface area contributed by atoms with Gasteiger partial charge in [-0.05, 0) is 36.0 Å². The summed E-state index contributed by atoms with van der Waals surface area (Å²) < 4.78 is 0. The number of nitrogens with zero attached hydrogens (tertiary/aromatic N) is 1. The maximum absolute atomic E-state index is 4.41. The van der Waals surface area contributed by atoms with Crippen LogP contribution in [0.2, 0.25) is 0 Å². The molecule has 1 aromatic rings. The van der Waals surface area contributed by atoms with E-state index < -0.39 is 0 Å². The Morgan fingerprint density at radius 2 is 1.92 bits per heavy atom. The molecule has 0 bridgehead atoms. The fraction of sp³-hybridized carbons (Fsp3) is 0.583. The second-order valence-electron chi connectivity index (χ2n) is 3.69. The maximum atomic E-state index is 4.41. The van der Waals surface area contributed by atoms with Crippen molar-refractivity contribution in [3.8, 4) is 0 Å². The third-order valence-electron chi connectivity index (χ3n) is 2.49. The number of aromatic nitrogens is 1. The van der Waals surface area contributed by atoms with E-state index in [-0.39, 0.29) is 0 Å². The zero-order valence-electron chi connectivity index (χ0n) is 9.09. The van der Waals surface area contributed by atoms with E-state index in [9.17, 15) is 0 Å². The molecule has 0 N–H and O–H groups in total. The van der Waals surface area contributed by atoms with E-state index >= 15 is 0 Å². The third kappa shape index (κ3) is 2.09. The van der Waals surface area contributed by atoms with Crippen molar-refractivity contribution in [1.82, 2.24) is 4.98 Å². The first-order valence-electron chi connectivity index (χ1n) is 5.17. The van der Waals surface area contributed by atoms with Crippen LogP contribution >= 0.6 is 0 Å². The second-order valence-corrected chi connectivity index (χ2v) is 3.69. The Morgan fingerprint density at radius 1 is 1.23 bits per heavy atom. The highest BCUT2D eigenvalue weighted by atomic mass is 14.7. The van der Waals surface area contributed by atoms with Gasteiger partial charge in [0.15, 0.2) is 0 Å². The van der Waals surface area contributed by atoms with Gasteiger partial charge in [-0.3, -0.25) is 4.98 Å². The molecule has 0 spiro atoms. The van der Waals surface area contributed by atoms with Crippen LogP contribution in [0.3, 0.4) is 0 Å². The first kappa shape index (κ1) is 10.2. The molecular weight excluding hydrogens is 158 g/mol. The quantitative estimate of drug-likeness (QED) is 0.690. The Bertz CT molecular complexity index is 276. The standard InChI is InChI=1S/C12H19N/c1-5-10-11(9(3)4)7-8-13-12(10)6-2/h7-9H,5-6H2,1-4H3. The molecule has 0 atom stereocenters.